The van der Waals surface area contributed by atoms with Crippen LogP contribution in [0.5, 0.6) is 0 Å². The van der Waals surface area contributed by atoms with Crippen molar-refractivity contribution < 1.29 is 5.11 Å². The van der Waals surface area contributed by atoms with E-state index in [0.717, 1.165) is 25.6 Å². The molecular formula is C15H31NO. The molecule has 1 rings (SSSR count). The molecule has 1 aliphatic rings. The third-order valence-corrected chi connectivity index (χ3v) is 4.19. The van der Waals surface area contributed by atoms with Crippen molar-refractivity contribution in [1.82, 2.24) is 4.90 Å². The van der Waals surface area contributed by atoms with Crippen molar-refractivity contribution in [1.29, 1.82) is 0 Å². The van der Waals surface area contributed by atoms with Crippen LogP contribution < -0.4 is 0 Å². The van der Waals surface area contributed by atoms with Crippen LogP contribution in [0.4, 0.5) is 0 Å². The van der Waals surface area contributed by atoms with Crippen LogP contribution >= 0.6 is 0 Å². The van der Waals surface area contributed by atoms with E-state index < -0.39 is 0 Å². The lowest BCUT2D eigenvalue weighted by atomic mass is 9.87. The molecule has 0 aliphatic heterocycles. The van der Waals surface area contributed by atoms with E-state index in [1.165, 1.54) is 32.1 Å². The molecule has 1 fully saturated rings. The molecule has 102 valence electrons. The monoisotopic (exact) mass is 241 g/mol. The lowest BCUT2D eigenvalue weighted by Gasteiger charge is -2.35. The summed E-state index contributed by atoms with van der Waals surface area (Å²) in [4.78, 5) is 2.58. The fourth-order valence-electron chi connectivity index (χ4n) is 2.77. The molecule has 2 nitrogen and oxygen atoms in total. The minimum Gasteiger partial charge on any atom is -0.393 e. The Kier molecular flexibility index (Phi) is 5.94. The van der Waals surface area contributed by atoms with Crippen LogP contribution in [0.15, 0.2) is 0 Å². The van der Waals surface area contributed by atoms with Crippen molar-refractivity contribution in [2.24, 2.45) is 5.41 Å². The topological polar surface area (TPSA) is 23.5 Å². The van der Waals surface area contributed by atoms with Gasteiger partial charge < -0.3 is 10.0 Å². The van der Waals surface area contributed by atoms with E-state index in [4.69, 9.17) is 0 Å². The van der Waals surface area contributed by atoms with Crippen LogP contribution in [0.25, 0.3) is 0 Å². The van der Waals surface area contributed by atoms with Gasteiger partial charge in [0.25, 0.3) is 0 Å². The van der Waals surface area contributed by atoms with Crippen molar-refractivity contribution >= 4 is 0 Å². The van der Waals surface area contributed by atoms with Crippen molar-refractivity contribution in [3.63, 3.8) is 0 Å². The first-order valence-corrected chi connectivity index (χ1v) is 7.37. The molecule has 1 unspecified atom stereocenters. The van der Waals surface area contributed by atoms with E-state index >= 15 is 0 Å². The second kappa shape index (κ2) is 6.75. The highest BCUT2D eigenvalue weighted by Gasteiger charge is 2.25. The molecule has 0 aromatic rings. The quantitative estimate of drug-likeness (QED) is 0.797. The molecule has 0 saturated heterocycles. The van der Waals surface area contributed by atoms with Gasteiger partial charge in [-0.3, -0.25) is 0 Å². The van der Waals surface area contributed by atoms with Crippen LogP contribution in [0.1, 0.15) is 66.2 Å². The third-order valence-electron chi connectivity index (χ3n) is 4.19. The number of hydrogen-bond acceptors (Lipinski definition) is 2. The van der Waals surface area contributed by atoms with Crippen LogP contribution in [-0.2, 0) is 0 Å². The number of aliphatic hydroxyl groups excluding tert-OH is 1. The number of nitrogens with zero attached hydrogens (tertiary/aromatic N) is 1. The molecule has 0 aromatic heterocycles. The lowest BCUT2D eigenvalue weighted by Crippen LogP contribution is -2.40. The average Bonchev–Trinajstić information content (AvgIpc) is 2.29. The molecule has 2 heteroatoms. The van der Waals surface area contributed by atoms with Crippen LogP contribution in [0.2, 0.25) is 0 Å². The maximum absolute atomic E-state index is 10.1. The zero-order valence-electron chi connectivity index (χ0n) is 12.2. The fourth-order valence-corrected chi connectivity index (χ4v) is 2.77. The van der Waals surface area contributed by atoms with Gasteiger partial charge in [0.2, 0.25) is 0 Å². The summed E-state index contributed by atoms with van der Waals surface area (Å²) < 4.78 is 0. The van der Waals surface area contributed by atoms with Gasteiger partial charge in [0.15, 0.2) is 0 Å². The first kappa shape index (κ1) is 15.0. The second-order valence-corrected chi connectivity index (χ2v) is 6.59. The molecule has 0 amide bonds. The van der Waals surface area contributed by atoms with Gasteiger partial charge >= 0.3 is 0 Å². The minimum atomic E-state index is -0.180. The van der Waals surface area contributed by atoms with Crippen molar-refractivity contribution in [2.45, 2.75) is 78.4 Å². The third kappa shape index (κ3) is 4.97. The average molecular weight is 241 g/mol. The van der Waals surface area contributed by atoms with E-state index in [2.05, 4.69) is 32.6 Å². The molecule has 1 aliphatic carbocycles. The van der Waals surface area contributed by atoms with Gasteiger partial charge in [-0.05, 0) is 31.2 Å². The van der Waals surface area contributed by atoms with E-state index in [1.54, 1.807) is 0 Å². The first-order chi connectivity index (χ1) is 7.95. The molecule has 1 atom stereocenters. The van der Waals surface area contributed by atoms with Crippen molar-refractivity contribution in [2.75, 3.05) is 13.1 Å². The SMILES string of the molecule is CCN(CCC(O)C(C)(C)C)C1CCCCC1. The van der Waals surface area contributed by atoms with Crippen LogP contribution in [-0.4, -0.2) is 35.2 Å². The maximum atomic E-state index is 10.1. The second-order valence-electron chi connectivity index (χ2n) is 6.59. The molecule has 1 N–H and O–H groups in total. The molecule has 0 aromatic carbocycles. The zero-order chi connectivity index (χ0) is 12.9. The van der Waals surface area contributed by atoms with Crippen LogP contribution in [0.3, 0.4) is 0 Å². The van der Waals surface area contributed by atoms with Gasteiger partial charge in [-0.25, -0.2) is 0 Å². The molecule has 17 heavy (non-hydrogen) atoms. The van der Waals surface area contributed by atoms with Gasteiger partial charge in [-0.2, -0.15) is 0 Å². The van der Waals surface area contributed by atoms with Gasteiger partial charge in [-0.15, -0.1) is 0 Å². The predicted molar refractivity (Wildman–Crippen MR) is 74.2 cm³/mol. The van der Waals surface area contributed by atoms with Crippen molar-refractivity contribution in [3.05, 3.63) is 0 Å². The fraction of sp³-hybridized carbons (Fsp3) is 1.00. The molecule has 0 heterocycles. The summed E-state index contributed by atoms with van der Waals surface area (Å²) in [5.41, 5.74) is 0.0198. The van der Waals surface area contributed by atoms with Gasteiger partial charge in [0, 0.05) is 12.6 Å². The summed E-state index contributed by atoms with van der Waals surface area (Å²) in [6.07, 6.45) is 7.65. The van der Waals surface area contributed by atoms with Gasteiger partial charge in [0.1, 0.15) is 0 Å². The number of hydrogen-bond donors (Lipinski definition) is 1. The largest absolute Gasteiger partial charge is 0.393 e. The smallest absolute Gasteiger partial charge is 0.0600 e. The lowest BCUT2D eigenvalue weighted by molar-refractivity contribution is 0.0384. The van der Waals surface area contributed by atoms with Crippen LogP contribution in [0, 0.1) is 5.41 Å². The highest BCUT2D eigenvalue weighted by atomic mass is 16.3. The Morgan fingerprint density at radius 3 is 2.24 bits per heavy atom. The number of aliphatic hydroxyl groups is 1. The molecule has 0 spiro atoms. The predicted octanol–water partition coefficient (Wildman–Crippen LogP) is 3.44. The molecule has 1 saturated carbocycles. The number of rotatable bonds is 5. The molecule has 0 radical (unpaired) electrons. The van der Waals surface area contributed by atoms with E-state index in [9.17, 15) is 5.11 Å². The summed E-state index contributed by atoms with van der Waals surface area (Å²) in [6, 6.07) is 0.779. The normalized spacial score (nSPS) is 20.8. The summed E-state index contributed by atoms with van der Waals surface area (Å²) >= 11 is 0. The Balaban J connectivity index is 2.36. The summed E-state index contributed by atoms with van der Waals surface area (Å²) in [5.74, 6) is 0. The Labute approximate surface area is 107 Å². The van der Waals surface area contributed by atoms with E-state index in [-0.39, 0.29) is 11.5 Å². The minimum absolute atomic E-state index is 0.0198. The highest BCUT2D eigenvalue weighted by molar-refractivity contribution is 4.78. The standard InChI is InChI=1S/C15H31NO/c1-5-16(13-9-7-6-8-10-13)12-11-14(17)15(2,3)4/h13-14,17H,5-12H2,1-4H3. The maximum Gasteiger partial charge on any atom is 0.0600 e. The Bertz CT molecular complexity index is 203. The van der Waals surface area contributed by atoms with E-state index in [1.807, 2.05) is 0 Å². The Morgan fingerprint density at radius 2 is 1.76 bits per heavy atom. The molecule has 0 bridgehead atoms. The highest BCUT2D eigenvalue weighted by Crippen LogP contribution is 2.25. The summed E-state index contributed by atoms with van der Waals surface area (Å²) in [7, 11) is 0. The summed E-state index contributed by atoms with van der Waals surface area (Å²) in [5, 5.41) is 10.1. The molecular weight excluding hydrogens is 210 g/mol. The van der Waals surface area contributed by atoms with Crippen molar-refractivity contribution in [3.8, 4) is 0 Å². The van der Waals surface area contributed by atoms with Gasteiger partial charge in [0.05, 0.1) is 6.10 Å². The Hall–Kier alpha value is -0.0800. The Morgan fingerprint density at radius 1 is 1.18 bits per heavy atom. The first-order valence-electron chi connectivity index (χ1n) is 7.37. The van der Waals surface area contributed by atoms with Gasteiger partial charge in [-0.1, -0.05) is 47.0 Å². The zero-order valence-corrected chi connectivity index (χ0v) is 12.2. The van der Waals surface area contributed by atoms with E-state index in [0.29, 0.717) is 0 Å². The summed E-state index contributed by atoms with van der Waals surface area (Å²) in [6.45, 7) is 10.8.